The van der Waals surface area contributed by atoms with Crippen molar-refractivity contribution in [2.24, 2.45) is 0 Å². The van der Waals surface area contributed by atoms with Gasteiger partial charge in [-0.3, -0.25) is 0 Å². The van der Waals surface area contributed by atoms with Crippen LogP contribution < -0.4 is 32.9 Å². The Bertz CT molecular complexity index is 1210. The third-order valence-electron chi connectivity index (χ3n) is 5.91. The van der Waals surface area contributed by atoms with Crippen molar-refractivity contribution in [2.75, 3.05) is 0 Å². The molecule has 0 unspecified atom stereocenters. The molecule has 5 aromatic rings. The van der Waals surface area contributed by atoms with E-state index in [1.54, 1.807) is 0 Å². The van der Waals surface area contributed by atoms with Crippen LogP contribution in [0.25, 0.3) is 10.8 Å². The van der Waals surface area contributed by atoms with Crippen LogP contribution in [0.2, 0.25) is 0 Å². The Morgan fingerprint density at radius 3 is 1.31 bits per heavy atom. The van der Waals surface area contributed by atoms with Crippen molar-refractivity contribution >= 4 is 49.9 Å². The molecule has 0 N–H and O–H groups in total. The second kappa shape index (κ2) is 10.1. The van der Waals surface area contributed by atoms with Gasteiger partial charge in [0.25, 0.3) is 0 Å². The molecule has 0 atom stereocenters. The van der Waals surface area contributed by atoms with Crippen LogP contribution in [0.4, 0.5) is 0 Å². The molecule has 0 amide bonds. The van der Waals surface area contributed by atoms with E-state index < -0.39 is 7.26 Å². The number of fused-ring (bicyclic) bond motifs is 1. The normalized spacial score (nSPS) is 11.2. The van der Waals surface area contributed by atoms with Crippen molar-refractivity contribution in [2.45, 2.75) is 6.16 Å². The molecule has 0 aliphatic rings. The highest BCUT2D eigenvalue weighted by molar-refractivity contribution is 9.10. The van der Waals surface area contributed by atoms with Crippen molar-refractivity contribution in [3.8, 4) is 0 Å². The first-order chi connectivity index (χ1) is 15.3. The lowest BCUT2D eigenvalue weighted by atomic mass is 10.1. The van der Waals surface area contributed by atoms with Crippen LogP contribution in [0, 0.1) is 0 Å². The molecule has 0 heterocycles. The van der Waals surface area contributed by atoms with Crippen LogP contribution in [-0.4, -0.2) is 0 Å². The predicted octanol–water partition coefficient (Wildman–Crippen LogP) is 4.10. The fraction of sp³-hybridized carbons (Fsp3) is 0.0345. The molecule has 5 rings (SSSR count). The summed E-state index contributed by atoms with van der Waals surface area (Å²) in [4.78, 5) is 0. The Labute approximate surface area is 209 Å². The molecule has 0 nitrogen and oxygen atoms in total. The number of hydrogen-bond acceptors (Lipinski definition) is 0. The monoisotopic (exact) mass is 560 g/mol. The maximum atomic E-state index is 3.91. The summed E-state index contributed by atoms with van der Waals surface area (Å²) in [5, 5.41) is 6.78. The van der Waals surface area contributed by atoms with Gasteiger partial charge in [-0.05, 0) is 59.3 Å². The third kappa shape index (κ3) is 4.33. The molecule has 0 saturated carbocycles. The average Bonchev–Trinajstić information content (AvgIpc) is 2.84. The van der Waals surface area contributed by atoms with Crippen molar-refractivity contribution in [3.63, 3.8) is 0 Å². The summed E-state index contributed by atoms with van der Waals surface area (Å²) in [6.07, 6.45) is 0.969. The lowest BCUT2D eigenvalue weighted by Gasteiger charge is -2.28. The molecule has 0 spiro atoms. The Balaban J connectivity index is 0.00000245. The van der Waals surface area contributed by atoms with E-state index in [4.69, 9.17) is 0 Å². The molecule has 32 heavy (non-hydrogen) atoms. The molecule has 0 aliphatic heterocycles. The zero-order chi connectivity index (χ0) is 21.1. The first kappa shape index (κ1) is 22.9. The summed E-state index contributed by atoms with van der Waals surface area (Å²) in [6, 6.07) is 46.4. The molecule has 5 aromatic carbocycles. The predicted molar refractivity (Wildman–Crippen MR) is 140 cm³/mol. The molecule has 158 valence electrons. The minimum Gasteiger partial charge on any atom is -1.00 e. The van der Waals surface area contributed by atoms with Crippen LogP contribution in [-0.2, 0) is 6.16 Å². The molecule has 0 aromatic heterocycles. The van der Waals surface area contributed by atoms with Crippen molar-refractivity contribution in [1.82, 2.24) is 0 Å². The summed E-state index contributed by atoms with van der Waals surface area (Å²) in [5.41, 5.74) is 1.35. The quantitative estimate of drug-likeness (QED) is 0.283. The number of benzene rings is 5. The lowest BCUT2D eigenvalue weighted by molar-refractivity contribution is -0.00000581. The van der Waals surface area contributed by atoms with Crippen molar-refractivity contribution in [3.05, 3.63) is 137 Å². The second-order valence-corrected chi connectivity index (χ2v) is 12.1. The van der Waals surface area contributed by atoms with Crippen LogP contribution in [0.15, 0.2) is 132 Å². The van der Waals surface area contributed by atoms with E-state index in [0.717, 1.165) is 6.16 Å². The highest BCUT2D eigenvalue weighted by atomic mass is 79.9. The third-order valence-corrected chi connectivity index (χ3v) is 11.0. The van der Waals surface area contributed by atoms with Gasteiger partial charge in [-0.15, -0.1) is 0 Å². The van der Waals surface area contributed by atoms with E-state index in [-0.39, 0.29) is 17.0 Å². The maximum Gasteiger partial charge on any atom is 0.116 e. The molecule has 3 heteroatoms. The minimum atomic E-state index is -1.91. The van der Waals surface area contributed by atoms with Crippen molar-refractivity contribution in [1.29, 1.82) is 0 Å². The highest BCUT2D eigenvalue weighted by Crippen LogP contribution is 2.58. The van der Waals surface area contributed by atoms with Gasteiger partial charge in [-0.1, -0.05) is 94.8 Å². The minimum absolute atomic E-state index is 0. The molecule has 0 bridgehead atoms. The van der Waals surface area contributed by atoms with Crippen LogP contribution >= 0.6 is 23.2 Å². The fourth-order valence-corrected chi connectivity index (χ4v) is 9.38. The van der Waals surface area contributed by atoms with E-state index in [9.17, 15) is 0 Å². The van der Waals surface area contributed by atoms with Crippen LogP contribution in [0.1, 0.15) is 5.56 Å². The molecule has 0 radical (unpaired) electrons. The number of halogens is 2. The zero-order valence-electron chi connectivity index (χ0n) is 17.5. The Kier molecular flexibility index (Phi) is 7.26. The topological polar surface area (TPSA) is 0 Å². The van der Waals surface area contributed by atoms with E-state index in [1.807, 2.05) is 0 Å². The van der Waals surface area contributed by atoms with Crippen LogP contribution in [0.5, 0.6) is 0 Å². The highest BCUT2D eigenvalue weighted by Gasteiger charge is 2.45. The second-order valence-electron chi connectivity index (χ2n) is 7.77. The lowest BCUT2D eigenvalue weighted by Crippen LogP contribution is -3.00. The summed E-state index contributed by atoms with van der Waals surface area (Å²) in [6.45, 7) is 0. The Morgan fingerprint density at radius 1 is 0.500 bits per heavy atom. The molecule has 0 fully saturated rings. The average molecular weight is 562 g/mol. The van der Waals surface area contributed by atoms with Gasteiger partial charge in [0.1, 0.15) is 23.2 Å². The number of rotatable bonds is 5. The maximum absolute atomic E-state index is 3.91. The van der Waals surface area contributed by atoms with Gasteiger partial charge in [0.2, 0.25) is 0 Å². The van der Waals surface area contributed by atoms with Gasteiger partial charge in [-0.25, -0.2) is 0 Å². The molecular formula is C29H23Br2P. The fourth-order valence-electron chi connectivity index (χ4n) is 4.40. The van der Waals surface area contributed by atoms with Gasteiger partial charge in [0.15, 0.2) is 0 Å². The van der Waals surface area contributed by atoms with Gasteiger partial charge < -0.3 is 17.0 Å². The Hall–Kier alpha value is -2.25. The van der Waals surface area contributed by atoms with Gasteiger partial charge in [0, 0.05) is 10.0 Å². The van der Waals surface area contributed by atoms with E-state index >= 15 is 0 Å². The summed E-state index contributed by atoms with van der Waals surface area (Å²) >= 11 is 3.91. The molecule has 0 saturated heterocycles. The standard InChI is InChI=1S/C29H23BrP.BrH/c30-29-21-24-13-11-10-12-23(24)20-25(29)22-31(26-14-4-1-5-15-26,27-16-6-2-7-17-27)28-18-8-3-9-19-28;/h1-21H,22H2;1H/q+1;/p-1. The van der Waals surface area contributed by atoms with Gasteiger partial charge in [-0.2, -0.15) is 0 Å². The first-order valence-electron chi connectivity index (χ1n) is 10.5. The summed E-state index contributed by atoms with van der Waals surface area (Å²) in [5.74, 6) is 0. The van der Waals surface area contributed by atoms with Crippen LogP contribution in [0.3, 0.4) is 0 Å². The molecule has 0 aliphatic carbocycles. The van der Waals surface area contributed by atoms with E-state index in [2.05, 4.69) is 143 Å². The van der Waals surface area contributed by atoms with E-state index in [1.165, 1.54) is 36.7 Å². The first-order valence-corrected chi connectivity index (χ1v) is 13.3. The smallest absolute Gasteiger partial charge is 0.116 e. The Morgan fingerprint density at radius 2 is 0.875 bits per heavy atom. The molecular weight excluding hydrogens is 539 g/mol. The largest absolute Gasteiger partial charge is 1.00 e. The SMILES string of the molecule is Brc1cc2ccccc2cc1C[P+](c1ccccc1)(c1ccccc1)c1ccccc1.[Br-]. The number of hydrogen-bond donors (Lipinski definition) is 0. The van der Waals surface area contributed by atoms with Crippen molar-refractivity contribution < 1.29 is 17.0 Å². The van der Waals surface area contributed by atoms with Gasteiger partial charge in [0.05, 0.1) is 6.16 Å². The summed E-state index contributed by atoms with van der Waals surface area (Å²) in [7, 11) is -1.91. The zero-order valence-corrected chi connectivity index (χ0v) is 21.6. The van der Waals surface area contributed by atoms with E-state index in [0.29, 0.717) is 0 Å². The van der Waals surface area contributed by atoms with Gasteiger partial charge >= 0.3 is 0 Å². The summed E-state index contributed by atoms with van der Waals surface area (Å²) < 4.78 is 1.18.